The summed E-state index contributed by atoms with van der Waals surface area (Å²) in [7, 11) is 0. The molecule has 1 N–H and O–H groups in total. The van der Waals surface area contributed by atoms with Gasteiger partial charge >= 0.3 is 0 Å². The molecule has 0 amide bonds. The van der Waals surface area contributed by atoms with Crippen LogP contribution in [0, 0.1) is 16.7 Å². The maximum atomic E-state index is 4.23. The number of pyridine rings is 1. The second-order valence-corrected chi connectivity index (χ2v) is 7.34. The van der Waals surface area contributed by atoms with Gasteiger partial charge < -0.3 is 5.32 Å². The topological polar surface area (TPSA) is 24.9 Å². The summed E-state index contributed by atoms with van der Waals surface area (Å²) in [5, 5.41) is 3.88. The Bertz CT molecular complexity index is 454. The summed E-state index contributed by atoms with van der Waals surface area (Å²) < 4.78 is 0. The zero-order valence-corrected chi connectivity index (χ0v) is 12.6. The van der Waals surface area contributed by atoms with Crippen molar-refractivity contribution < 1.29 is 0 Å². The summed E-state index contributed by atoms with van der Waals surface area (Å²) in [6.45, 7) is 9.70. The summed E-state index contributed by atoms with van der Waals surface area (Å²) >= 11 is 0. The number of hydrogen-bond donors (Lipinski definition) is 1. The average molecular weight is 258 g/mol. The highest BCUT2D eigenvalue weighted by Crippen LogP contribution is 2.65. The van der Waals surface area contributed by atoms with E-state index in [2.05, 4.69) is 44.1 Å². The monoisotopic (exact) mass is 258 g/mol. The van der Waals surface area contributed by atoms with E-state index < -0.39 is 0 Å². The summed E-state index contributed by atoms with van der Waals surface area (Å²) in [5.41, 5.74) is 2.24. The first-order valence-electron chi connectivity index (χ1n) is 7.61. The molecule has 0 radical (unpaired) electrons. The lowest BCUT2D eigenvalue weighted by molar-refractivity contribution is 0.116. The third kappa shape index (κ3) is 1.84. The molecule has 2 aliphatic carbocycles. The van der Waals surface area contributed by atoms with E-state index in [-0.39, 0.29) is 0 Å². The molecule has 0 aromatic carbocycles. The first-order chi connectivity index (χ1) is 8.95. The number of nitrogens with zero attached hydrogens (tertiary/aromatic N) is 1. The number of fused-ring (bicyclic) bond motifs is 2. The molecular formula is C17H26N2. The van der Waals surface area contributed by atoms with Crippen molar-refractivity contribution in [3.05, 3.63) is 30.1 Å². The Kier molecular flexibility index (Phi) is 2.97. The van der Waals surface area contributed by atoms with E-state index in [0.29, 0.717) is 22.9 Å². The molecule has 0 spiro atoms. The van der Waals surface area contributed by atoms with Gasteiger partial charge in [-0.05, 0) is 54.6 Å². The van der Waals surface area contributed by atoms with E-state index in [1.54, 1.807) is 0 Å². The van der Waals surface area contributed by atoms with Crippen molar-refractivity contribution in [3.63, 3.8) is 0 Å². The minimum atomic E-state index is 0.394. The van der Waals surface area contributed by atoms with Crippen molar-refractivity contribution in [2.75, 3.05) is 0 Å². The van der Waals surface area contributed by atoms with Gasteiger partial charge in [0.2, 0.25) is 0 Å². The Morgan fingerprint density at radius 3 is 2.68 bits per heavy atom. The number of rotatable bonds is 3. The van der Waals surface area contributed by atoms with Crippen LogP contribution >= 0.6 is 0 Å². The largest absolute Gasteiger partial charge is 0.307 e. The lowest BCUT2D eigenvalue weighted by Gasteiger charge is -2.40. The van der Waals surface area contributed by atoms with Crippen LogP contribution in [0.15, 0.2) is 24.5 Å². The summed E-state index contributed by atoms with van der Waals surface area (Å²) in [5.74, 6) is 0.899. The van der Waals surface area contributed by atoms with Crippen molar-refractivity contribution in [2.45, 2.75) is 59.0 Å². The molecule has 2 aliphatic rings. The van der Waals surface area contributed by atoms with Gasteiger partial charge in [-0.25, -0.2) is 0 Å². The lowest BCUT2D eigenvalue weighted by atomic mass is 9.69. The molecular weight excluding hydrogens is 232 g/mol. The van der Waals surface area contributed by atoms with E-state index in [1.165, 1.54) is 24.8 Å². The minimum absolute atomic E-state index is 0.394. The van der Waals surface area contributed by atoms with Crippen molar-refractivity contribution in [1.29, 1.82) is 0 Å². The fourth-order valence-corrected chi connectivity index (χ4v) is 4.49. The number of hydrogen-bond acceptors (Lipinski definition) is 2. The molecule has 0 aliphatic heterocycles. The van der Waals surface area contributed by atoms with E-state index in [0.717, 1.165) is 5.92 Å². The van der Waals surface area contributed by atoms with E-state index in [1.807, 2.05) is 18.5 Å². The van der Waals surface area contributed by atoms with Gasteiger partial charge in [-0.3, -0.25) is 4.98 Å². The zero-order valence-electron chi connectivity index (χ0n) is 12.6. The molecule has 0 saturated heterocycles. The smallest absolute Gasteiger partial charge is 0.0315 e. The molecule has 3 unspecified atom stereocenters. The van der Waals surface area contributed by atoms with E-state index in [4.69, 9.17) is 0 Å². The molecule has 2 saturated carbocycles. The summed E-state index contributed by atoms with van der Waals surface area (Å²) in [6, 6.07) is 5.24. The Morgan fingerprint density at radius 2 is 2.16 bits per heavy atom. The molecule has 2 nitrogen and oxygen atoms in total. The van der Waals surface area contributed by atoms with Crippen molar-refractivity contribution >= 4 is 0 Å². The van der Waals surface area contributed by atoms with Crippen LogP contribution < -0.4 is 5.32 Å². The van der Waals surface area contributed by atoms with E-state index >= 15 is 0 Å². The Balaban J connectivity index is 1.76. The Hall–Kier alpha value is -0.890. The fourth-order valence-electron chi connectivity index (χ4n) is 4.49. The van der Waals surface area contributed by atoms with Crippen LogP contribution in [-0.2, 0) is 0 Å². The first kappa shape index (κ1) is 13.1. The molecule has 1 heterocycles. The molecule has 104 valence electrons. The Labute approximate surface area is 117 Å². The fraction of sp³-hybridized carbons (Fsp3) is 0.706. The SMILES string of the molecule is C[C@@H](NC1CC2CCC1(C)C2(C)C)c1cccnc1. The highest BCUT2D eigenvalue weighted by atomic mass is 15.0. The highest BCUT2D eigenvalue weighted by Gasteiger charge is 2.61. The molecule has 2 heteroatoms. The van der Waals surface area contributed by atoms with Crippen LogP contribution in [0.25, 0.3) is 0 Å². The van der Waals surface area contributed by atoms with Crippen LogP contribution in [0.1, 0.15) is 58.6 Å². The molecule has 4 atom stereocenters. The maximum Gasteiger partial charge on any atom is 0.0315 e. The van der Waals surface area contributed by atoms with Crippen LogP contribution in [0.5, 0.6) is 0 Å². The molecule has 1 aromatic rings. The maximum absolute atomic E-state index is 4.23. The lowest BCUT2D eigenvalue weighted by Crippen LogP contribution is -2.45. The summed E-state index contributed by atoms with van der Waals surface area (Å²) in [6.07, 6.45) is 7.97. The predicted octanol–water partition coefficient (Wildman–Crippen LogP) is 3.95. The van der Waals surface area contributed by atoms with Crippen LogP contribution in [0.4, 0.5) is 0 Å². The second-order valence-electron chi connectivity index (χ2n) is 7.34. The predicted molar refractivity (Wildman–Crippen MR) is 78.8 cm³/mol. The van der Waals surface area contributed by atoms with Crippen molar-refractivity contribution in [2.24, 2.45) is 16.7 Å². The number of aromatic nitrogens is 1. The van der Waals surface area contributed by atoms with Gasteiger partial charge in [0.15, 0.2) is 0 Å². The first-order valence-corrected chi connectivity index (χ1v) is 7.61. The third-order valence-electron chi connectivity index (χ3n) is 6.43. The third-order valence-corrected chi connectivity index (χ3v) is 6.43. The van der Waals surface area contributed by atoms with E-state index in [9.17, 15) is 0 Å². The van der Waals surface area contributed by atoms with Crippen LogP contribution in [0.3, 0.4) is 0 Å². The molecule has 1 aromatic heterocycles. The Morgan fingerprint density at radius 1 is 1.37 bits per heavy atom. The molecule has 2 bridgehead atoms. The molecule has 19 heavy (non-hydrogen) atoms. The second kappa shape index (κ2) is 4.31. The molecule has 2 fully saturated rings. The van der Waals surface area contributed by atoms with Crippen molar-refractivity contribution in [1.82, 2.24) is 10.3 Å². The van der Waals surface area contributed by atoms with Crippen molar-refractivity contribution in [3.8, 4) is 0 Å². The van der Waals surface area contributed by atoms with Gasteiger partial charge in [0.25, 0.3) is 0 Å². The van der Waals surface area contributed by atoms with Gasteiger partial charge in [-0.15, -0.1) is 0 Å². The van der Waals surface area contributed by atoms with Gasteiger partial charge in [-0.2, -0.15) is 0 Å². The van der Waals surface area contributed by atoms with Crippen LogP contribution in [0.2, 0.25) is 0 Å². The average Bonchev–Trinajstić information content (AvgIpc) is 2.73. The van der Waals surface area contributed by atoms with Gasteiger partial charge in [0.05, 0.1) is 0 Å². The number of nitrogens with one attached hydrogen (secondary N) is 1. The normalized spacial score (nSPS) is 37.5. The zero-order chi connectivity index (χ0) is 13.7. The standard InChI is InChI=1S/C17H26N2/c1-12(13-6-5-9-18-11-13)19-15-10-14-7-8-17(15,4)16(14,2)3/h5-6,9,11-12,14-15,19H,7-8,10H2,1-4H3/t12-,14?,15?,17?/m1/s1. The quantitative estimate of drug-likeness (QED) is 0.888. The van der Waals surface area contributed by atoms with Gasteiger partial charge in [0, 0.05) is 24.5 Å². The molecule has 3 rings (SSSR count). The van der Waals surface area contributed by atoms with Gasteiger partial charge in [0.1, 0.15) is 0 Å². The minimum Gasteiger partial charge on any atom is -0.307 e. The highest BCUT2D eigenvalue weighted by molar-refractivity contribution is 5.17. The summed E-state index contributed by atoms with van der Waals surface area (Å²) in [4.78, 5) is 4.23. The van der Waals surface area contributed by atoms with Crippen LogP contribution in [-0.4, -0.2) is 11.0 Å². The van der Waals surface area contributed by atoms with Gasteiger partial charge in [-0.1, -0.05) is 26.8 Å².